The lowest BCUT2D eigenvalue weighted by molar-refractivity contribution is 0.133. The van der Waals surface area contributed by atoms with Crippen molar-refractivity contribution in [2.24, 2.45) is 11.8 Å². The molecule has 1 aromatic rings. The molecule has 2 fully saturated rings. The predicted molar refractivity (Wildman–Crippen MR) is 71.5 cm³/mol. The molecule has 2 atom stereocenters. The summed E-state index contributed by atoms with van der Waals surface area (Å²) in [6.45, 7) is 9.26. The molecular formula is C12H18ClN3S. The van der Waals surface area contributed by atoms with Gasteiger partial charge in [0, 0.05) is 36.2 Å². The molecule has 94 valence electrons. The number of likely N-dealkylation sites (tertiary alicyclic amines) is 1. The highest BCUT2D eigenvalue weighted by molar-refractivity contribution is 7.15. The van der Waals surface area contributed by atoms with Crippen LogP contribution in [0.3, 0.4) is 0 Å². The minimum absolute atomic E-state index is 0.282. The van der Waals surface area contributed by atoms with Gasteiger partial charge in [-0.1, -0.05) is 11.6 Å². The van der Waals surface area contributed by atoms with Crippen molar-refractivity contribution >= 4 is 22.9 Å². The van der Waals surface area contributed by atoms with E-state index in [1.165, 1.54) is 18.0 Å². The third-order valence-corrected chi connectivity index (χ3v) is 5.49. The largest absolute Gasteiger partial charge is 0.316 e. The molecule has 3 nitrogen and oxygen atoms in total. The third-order valence-electron chi connectivity index (χ3n) is 4.39. The van der Waals surface area contributed by atoms with Crippen molar-refractivity contribution in [2.75, 3.05) is 19.6 Å². The lowest BCUT2D eigenvalue weighted by atomic mass is 9.85. The van der Waals surface area contributed by atoms with Gasteiger partial charge in [-0.2, -0.15) is 0 Å². The van der Waals surface area contributed by atoms with Gasteiger partial charge in [0.15, 0.2) is 4.47 Å². The standard InChI is InChI=1S/C12H18ClN3S/c1-12(2)10-5-14-3-8(10)6-16(12)7-9-4-15-11(13)17-9/h4,8,10,14H,3,5-7H2,1-2H3. The summed E-state index contributed by atoms with van der Waals surface area (Å²) in [7, 11) is 0. The first-order valence-corrected chi connectivity index (χ1v) is 7.33. The van der Waals surface area contributed by atoms with Gasteiger partial charge in [0.2, 0.25) is 0 Å². The van der Waals surface area contributed by atoms with Gasteiger partial charge in [-0.05, 0) is 32.2 Å². The average Bonchev–Trinajstić information content (AvgIpc) is 2.90. The quantitative estimate of drug-likeness (QED) is 0.894. The van der Waals surface area contributed by atoms with Crippen LogP contribution in [0.15, 0.2) is 6.20 Å². The summed E-state index contributed by atoms with van der Waals surface area (Å²) >= 11 is 7.49. The molecular weight excluding hydrogens is 254 g/mol. The number of aromatic nitrogens is 1. The number of halogens is 1. The Balaban J connectivity index is 1.76. The van der Waals surface area contributed by atoms with Crippen LogP contribution in [0, 0.1) is 11.8 Å². The Morgan fingerprint density at radius 3 is 3.06 bits per heavy atom. The van der Waals surface area contributed by atoms with E-state index in [1.54, 1.807) is 11.3 Å². The maximum Gasteiger partial charge on any atom is 0.183 e. The maximum absolute atomic E-state index is 5.89. The normalized spacial score (nSPS) is 31.9. The molecule has 3 heterocycles. The molecule has 1 N–H and O–H groups in total. The molecule has 0 aliphatic carbocycles. The number of hydrogen-bond acceptors (Lipinski definition) is 4. The monoisotopic (exact) mass is 271 g/mol. The summed E-state index contributed by atoms with van der Waals surface area (Å²) in [5.74, 6) is 1.60. The summed E-state index contributed by atoms with van der Waals surface area (Å²) < 4.78 is 0.652. The third kappa shape index (κ3) is 2.01. The smallest absolute Gasteiger partial charge is 0.183 e. The highest BCUT2D eigenvalue weighted by Gasteiger charge is 2.49. The molecule has 17 heavy (non-hydrogen) atoms. The zero-order valence-electron chi connectivity index (χ0n) is 10.2. The van der Waals surface area contributed by atoms with Crippen molar-refractivity contribution in [1.82, 2.24) is 15.2 Å². The molecule has 2 saturated heterocycles. The highest BCUT2D eigenvalue weighted by Crippen LogP contribution is 2.41. The molecule has 0 amide bonds. The Morgan fingerprint density at radius 2 is 2.41 bits per heavy atom. The summed E-state index contributed by atoms with van der Waals surface area (Å²) in [5.41, 5.74) is 0.282. The molecule has 1 aromatic heterocycles. The highest BCUT2D eigenvalue weighted by atomic mass is 35.5. The van der Waals surface area contributed by atoms with E-state index >= 15 is 0 Å². The predicted octanol–water partition coefficient (Wildman–Crippen LogP) is 2.23. The van der Waals surface area contributed by atoms with E-state index in [0.29, 0.717) is 4.47 Å². The Morgan fingerprint density at radius 1 is 1.59 bits per heavy atom. The van der Waals surface area contributed by atoms with Crippen LogP contribution in [-0.2, 0) is 6.54 Å². The van der Waals surface area contributed by atoms with Crippen LogP contribution in [0.25, 0.3) is 0 Å². The van der Waals surface area contributed by atoms with Crippen molar-refractivity contribution in [3.63, 3.8) is 0 Å². The molecule has 2 unspecified atom stereocenters. The van der Waals surface area contributed by atoms with Crippen LogP contribution in [0.4, 0.5) is 0 Å². The fourth-order valence-electron chi connectivity index (χ4n) is 3.32. The molecule has 2 aliphatic heterocycles. The Hall–Kier alpha value is -0.160. The average molecular weight is 272 g/mol. The van der Waals surface area contributed by atoms with Crippen molar-refractivity contribution in [3.05, 3.63) is 15.5 Å². The molecule has 0 aromatic carbocycles. The van der Waals surface area contributed by atoms with Crippen molar-refractivity contribution in [1.29, 1.82) is 0 Å². The van der Waals surface area contributed by atoms with E-state index in [0.717, 1.165) is 24.9 Å². The van der Waals surface area contributed by atoms with E-state index in [1.807, 2.05) is 6.20 Å². The van der Waals surface area contributed by atoms with Gasteiger partial charge < -0.3 is 5.32 Å². The zero-order chi connectivity index (χ0) is 12.0. The molecule has 0 radical (unpaired) electrons. The van der Waals surface area contributed by atoms with E-state index in [9.17, 15) is 0 Å². The second-order valence-electron chi connectivity index (χ2n) is 5.64. The number of nitrogens with one attached hydrogen (secondary N) is 1. The molecule has 0 bridgehead atoms. The van der Waals surface area contributed by atoms with Gasteiger partial charge in [0.25, 0.3) is 0 Å². The van der Waals surface area contributed by atoms with Crippen molar-refractivity contribution < 1.29 is 0 Å². The van der Waals surface area contributed by atoms with E-state index in [-0.39, 0.29) is 5.54 Å². The number of hydrogen-bond donors (Lipinski definition) is 1. The van der Waals surface area contributed by atoms with Gasteiger partial charge in [-0.15, -0.1) is 11.3 Å². The minimum Gasteiger partial charge on any atom is -0.316 e. The van der Waals surface area contributed by atoms with Gasteiger partial charge >= 0.3 is 0 Å². The number of fused-ring (bicyclic) bond motifs is 1. The van der Waals surface area contributed by atoms with Crippen LogP contribution in [-0.4, -0.2) is 35.1 Å². The summed E-state index contributed by atoms with van der Waals surface area (Å²) in [6, 6.07) is 0. The first-order valence-electron chi connectivity index (χ1n) is 6.13. The van der Waals surface area contributed by atoms with E-state index in [2.05, 4.69) is 29.0 Å². The van der Waals surface area contributed by atoms with Crippen LogP contribution in [0.2, 0.25) is 4.47 Å². The lowest BCUT2D eigenvalue weighted by Gasteiger charge is -2.35. The molecule has 2 aliphatic rings. The summed E-state index contributed by atoms with van der Waals surface area (Å²) in [5, 5.41) is 3.51. The number of thiazole rings is 1. The van der Waals surface area contributed by atoms with E-state index < -0.39 is 0 Å². The Kier molecular flexibility index (Phi) is 2.94. The summed E-state index contributed by atoms with van der Waals surface area (Å²) in [6.07, 6.45) is 1.91. The molecule has 5 heteroatoms. The zero-order valence-corrected chi connectivity index (χ0v) is 11.8. The van der Waals surface area contributed by atoms with Gasteiger partial charge in [-0.3, -0.25) is 4.90 Å². The maximum atomic E-state index is 5.89. The number of nitrogens with zero attached hydrogens (tertiary/aromatic N) is 2. The summed E-state index contributed by atoms with van der Waals surface area (Å²) in [4.78, 5) is 7.99. The number of rotatable bonds is 2. The van der Waals surface area contributed by atoms with Crippen LogP contribution in [0.1, 0.15) is 18.7 Å². The SMILES string of the molecule is CC1(C)C2CNCC2CN1Cc1cnc(Cl)s1. The van der Waals surface area contributed by atoms with Crippen LogP contribution >= 0.6 is 22.9 Å². The minimum atomic E-state index is 0.282. The van der Waals surface area contributed by atoms with Gasteiger partial charge in [-0.25, -0.2) is 4.98 Å². The van der Waals surface area contributed by atoms with Gasteiger partial charge in [0.05, 0.1) is 0 Å². The molecule has 0 spiro atoms. The van der Waals surface area contributed by atoms with Crippen LogP contribution < -0.4 is 5.32 Å². The Bertz CT molecular complexity index is 418. The molecule has 0 saturated carbocycles. The van der Waals surface area contributed by atoms with Crippen LogP contribution in [0.5, 0.6) is 0 Å². The fourth-order valence-corrected chi connectivity index (χ4v) is 4.31. The van der Waals surface area contributed by atoms with Crippen molar-refractivity contribution in [3.8, 4) is 0 Å². The topological polar surface area (TPSA) is 28.2 Å². The first-order chi connectivity index (χ1) is 8.07. The molecule has 3 rings (SSSR count). The van der Waals surface area contributed by atoms with Gasteiger partial charge in [0.1, 0.15) is 0 Å². The fraction of sp³-hybridized carbons (Fsp3) is 0.750. The van der Waals surface area contributed by atoms with E-state index in [4.69, 9.17) is 11.6 Å². The first kappa shape index (κ1) is 11.9. The Labute approximate surface area is 111 Å². The second-order valence-corrected chi connectivity index (χ2v) is 7.34. The second kappa shape index (κ2) is 4.19. The van der Waals surface area contributed by atoms with Crippen molar-refractivity contribution in [2.45, 2.75) is 25.9 Å². The lowest BCUT2D eigenvalue weighted by Crippen LogP contribution is -2.43.